The maximum atomic E-state index is 13.3. The number of amides is 1. The minimum atomic E-state index is -0.515. The summed E-state index contributed by atoms with van der Waals surface area (Å²) in [6, 6.07) is 7.36. The highest BCUT2D eigenvalue weighted by Gasteiger charge is 2.44. The molecule has 0 aliphatic carbocycles. The lowest BCUT2D eigenvalue weighted by molar-refractivity contribution is -0.139. The average Bonchev–Trinajstić information content (AvgIpc) is 2.83. The summed E-state index contributed by atoms with van der Waals surface area (Å²) in [4.78, 5) is 39.4. The van der Waals surface area contributed by atoms with E-state index >= 15 is 0 Å². The number of fused-ring (bicyclic) bond motifs is 1. The van der Waals surface area contributed by atoms with Gasteiger partial charge in [0.2, 0.25) is 11.9 Å². The molecule has 1 aromatic carbocycles. The lowest BCUT2D eigenvalue weighted by atomic mass is 9.82. The fourth-order valence-electron chi connectivity index (χ4n) is 5.45. The van der Waals surface area contributed by atoms with Gasteiger partial charge in [-0.2, -0.15) is 0 Å². The van der Waals surface area contributed by atoms with Gasteiger partial charge in [0.05, 0.1) is 19.1 Å². The minimum absolute atomic E-state index is 0.0262. The molecule has 0 unspecified atom stereocenters. The lowest BCUT2D eigenvalue weighted by Gasteiger charge is -2.45. The van der Waals surface area contributed by atoms with Crippen LogP contribution in [0, 0.1) is 19.8 Å². The fraction of sp³-hybridized carbons (Fsp3) is 0.538. The molecule has 3 aliphatic heterocycles. The molecule has 8 heteroatoms. The van der Waals surface area contributed by atoms with E-state index in [0.29, 0.717) is 49.4 Å². The highest BCUT2D eigenvalue weighted by Crippen LogP contribution is 2.41. The monoisotopic (exact) mass is 464 g/mol. The minimum Gasteiger partial charge on any atom is -0.497 e. The number of Topliss-reactive ketones (excluding diaryl/α,β-unsaturated/α-hetero) is 1. The van der Waals surface area contributed by atoms with Crippen LogP contribution in [0.15, 0.2) is 24.3 Å². The van der Waals surface area contributed by atoms with E-state index in [0.717, 1.165) is 43.3 Å². The van der Waals surface area contributed by atoms with Gasteiger partial charge < -0.3 is 19.3 Å². The SMILES string of the molecule is COc1ccc2c(c1)C(=O)CC1(CCN(C(=O)C3CCN(c4nc(C)cc(C)n4)CC3)CC1)O2. The van der Waals surface area contributed by atoms with Crippen molar-refractivity contribution in [1.29, 1.82) is 0 Å². The number of methoxy groups -OCH3 is 1. The molecule has 1 aromatic heterocycles. The van der Waals surface area contributed by atoms with Gasteiger partial charge in [-0.15, -0.1) is 0 Å². The van der Waals surface area contributed by atoms with Gasteiger partial charge >= 0.3 is 0 Å². The van der Waals surface area contributed by atoms with Gasteiger partial charge in [-0.25, -0.2) is 9.97 Å². The Balaban J connectivity index is 1.18. The van der Waals surface area contributed by atoms with Crippen molar-refractivity contribution in [2.24, 2.45) is 5.92 Å². The first-order valence-electron chi connectivity index (χ1n) is 12.1. The summed E-state index contributed by atoms with van der Waals surface area (Å²) in [6.07, 6.45) is 3.31. The Labute approximate surface area is 200 Å². The average molecular weight is 465 g/mol. The number of piperidine rings is 2. The molecule has 5 rings (SSSR count). The number of aryl methyl sites for hydroxylation is 2. The largest absolute Gasteiger partial charge is 0.497 e. The van der Waals surface area contributed by atoms with Crippen LogP contribution in [0.3, 0.4) is 0 Å². The number of rotatable bonds is 3. The first kappa shape index (κ1) is 22.6. The number of ketones is 1. The molecule has 3 aliphatic rings. The van der Waals surface area contributed by atoms with Crippen molar-refractivity contribution in [1.82, 2.24) is 14.9 Å². The summed E-state index contributed by atoms with van der Waals surface area (Å²) in [6.45, 7) is 6.78. The van der Waals surface area contributed by atoms with Gasteiger partial charge in [0, 0.05) is 56.3 Å². The first-order valence-corrected chi connectivity index (χ1v) is 12.1. The van der Waals surface area contributed by atoms with E-state index in [1.165, 1.54) is 0 Å². The van der Waals surface area contributed by atoms with Crippen LogP contribution >= 0.6 is 0 Å². The maximum Gasteiger partial charge on any atom is 0.225 e. The number of ether oxygens (including phenoxy) is 2. The zero-order valence-corrected chi connectivity index (χ0v) is 20.2. The number of benzene rings is 1. The molecular formula is C26H32N4O4. The van der Waals surface area contributed by atoms with Crippen LogP contribution in [0.2, 0.25) is 0 Å². The van der Waals surface area contributed by atoms with Crippen LogP contribution in [-0.4, -0.2) is 65.4 Å². The summed E-state index contributed by atoms with van der Waals surface area (Å²) in [5.74, 6) is 2.38. The van der Waals surface area contributed by atoms with Crippen LogP contribution in [0.4, 0.5) is 5.95 Å². The van der Waals surface area contributed by atoms with Crippen LogP contribution < -0.4 is 14.4 Å². The highest BCUT2D eigenvalue weighted by atomic mass is 16.5. The summed E-state index contributed by atoms with van der Waals surface area (Å²) < 4.78 is 11.6. The van der Waals surface area contributed by atoms with Crippen molar-refractivity contribution in [2.75, 3.05) is 38.2 Å². The van der Waals surface area contributed by atoms with Crippen LogP contribution in [-0.2, 0) is 4.79 Å². The quantitative estimate of drug-likeness (QED) is 0.689. The molecular weight excluding hydrogens is 432 g/mol. The van der Waals surface area contributed by atoms with Gasteiger partial charge in [0.25, 0.3) is 0 Å². The molecule has 0 bridgehead atoms. The van der Waals surface area contributed by atoms with Gasteiger partial charge in [-0.1, -0.05) is 0 Å². The summed E-state index contributed by atoms with van der Waals surface area (Å²) >= 11 is 0. The van der Waals surface area contributed by atoms with Crippen LogP contribution in [0.5, 0.6) is 11.5 Å². The summed E-state index contributed by atoms with van der Waals surface area (Å²) in [5.41, 5.74) is 2.00. The number of carbonyl (C=O) groups excluding carboxylic acids is 2. The maximum absolute atomic E-state index is 13.3. The Kier molecular flexibility index (Phi) is 5.91. The second-order valence-corrected chi connectivity index (χ2v) is 9.78. The number of nitrogens with zero attached hydrogens (tertiary/aromatic N) is 4. The van der Waals surface area contributed by atoms with Gasteiger partial charge in [0.15, 0.2) is 5.78 Å². The normalized spacial score (nSPS) is 20.1. The van der Waals surface area contributed by atoms with E-state index in [-0.39, 0.29) is 17.6 Å². The third kappa shape index (κ3) is 4.33. The predicted octanol–water partition coefficient (Wildman–Crippen LogP) is 3.35. The van der Waals surface area contributed by atoms with E-state index in [1.54, 1.807) is 13.2 Å². The number of carbonyl (C=O) groups is 2. The molecule has 2 saturated heterocycles. The third-order valence-electron chi connectivity index (χ3n) is 7.38. The standard InChI is InChI=1S/C26H32N4O4/c1-17-14-18(2)28-25(27-17)30-10-6-19(7-11-30)24(32)29-12-8-26(9-13-29)16-22(31)21-15-20(33-3)4-5-23(21)34-26/h4-5,14-15,19H,6-13,16H2,1-3H3. The van der Waals surface area contributed by atoms with E-state index in [4.69, 9.17) is 9.47 Å². The Morgan fingerprint density at radius 1 is 1.06 bits per heavy atom. The first-order chi connectivity index (χ1) is 16.4. The molecule has 8 nitrogen and oxygen atoms in total. The topological polar surface area (TPSA) is 84.9 Å². The number of likely N-dealkylation sites (tertiary alicyclic amines) is 1. The van der Waals surface area contributed by atoms with Crippen molar-refractivity contribution in [2.45, 2.75) is 51.6 Å². The Morgan fingerprint density at radius 2 is 1.74 bits per heavy atom. The molecule has 180 valence electrons. The molecule has 0 saturated carbocycles. The molecule has 0 atom stereocenters. The van der Waals surface area contributed by atoms with Crippen LogP contribution in [0.1, 0.15) is 53.8 Å². The second-order valence-electron chi connectivity index (χ2n) is 9.78. The van der Waals surface area contributed by atoms with Crippen molar-refractivity contribution < 1.29 is 19.1 Å². The second kappa shape index (κ2) is 8.89. The number of anilines is 1. The molecule has 34 heavy (non-hydrogen) atoms. The smallest absolute Gasteiger partial charge is 0.225 e. The summed E-state index contributed by atoms with van der Waals surface area (Å²) in [7, 11) is 1.59. The molecule has 1 amide bonds. The predicted molar refractivity (Wildman–Crippen MR) is 128 cm³/mol. The molecule has 2 fully saturated rings. The Morgan fingerprint density at radius 3 is 2.38 bits per heavy atom. The number of hydrogen-bond donors (Lipinski definition) is 0. The van der Waals surface area contributed by atoms with Crippen molar-refractivity contribution in [3.8, 4) is 11.5 Å². The Bertz CT molecular complexity index is 1080. The van der Waals surface area contributed by atoms with Gasteiger partial charge in [-0.3, -0.25) is 9.59 Å². The fourth-order valence-corrected chi connectivity index (χ4v) is 5.45. The zero-order chi connectivity index (χ0) is 23.9. The van der Waals surface area contributed by atoms with E-state index in [9.17, 15) is 9.59 Å². The van der Waals surface area contributed by atoms with Gasteiger partial charge in [0.1, 0.15) is 17.1 Å². The molecule has 1 spiro atoms. The molecule has 2 aromatic rings. The van der Waals surface area contributed by atoms with E-state index < -0.39 is 5.60 Å². The molecule has 4 heterocycles. The van der Waals surface area contributed by atoms with Crippen LogP contribution in [0.25, 0.3) is 0 Å². The van der Waals surface area contributed by atoms with Crippen molar-refractivity contribution in [3.63, 3.8) is 0 Å². The molecule has 0 N–H and O–H groups in total. The lowest BCUT2D eigenvalue weighted by Crippen LogP contribution is -2.53. The van der Waals surface area contributed by atoms with E-state index in [1.807, 2.05) is 36.9 Å². The number of hydrogen-bond acceptors (Lipinski definition) is 7. The number of aromatic nitrogens is 2. The zero-order valence-electron chi connectivity index (χ0n) is 20.2. The van der Waals surface area contributed by atoms with Gasteiger partial charge in [-0.05, 0) is 51.0 Å². The summed E-state index contributed by atoms with van der Waals surface area (Å²) in [5, 5.41) is 0. The molecule has 0 radical (unpaired) electrons. The van der Waals surface area contributed by atoms with Crippen molar-refractivity contribution in [3.05, 3.63) is 41.2 Å². The highest BCUT2D eigenvalue weighted by molar-refractivity contribution is 6.00. The van der Waals surface area contributed by atoms with Crippen molar-refractivity contribution >= 4 is 17.6 Å². The Hall–Kier alpha value is -3.16. The van der Waals surface area contributed by atoms with E-state index in [2.05, 4.69) is 14.9 Å². The third-order valence-corrected chi connectivity index (χ3v) is 7.38.